The number of imidazole rings is 1. The molecule has 0 unspecified atom stereocenters. The van der Waals surface area contributed by atoms with E-state index in [-0.39, 0.29) is 11.7 Å². The van der Waals surface area contributed by atoms with Crippen LogP contribution in [0.1, 0.15) is 23.3 Å². The number of hydrogen-bond donors (Lipinski definition) is 2. The highest BCUT2D eigenvalue weighted by molar-refractivity contribution is 7.22. The minimum atomic E-state index is -0.534. The van der Waals surface area contributed by atoms with Crippen molar-refractivity contribution in [1.29, 1.82) is 0 Å². The third-order valence-electron chi connectivity index (χ3n) is 4.98. The molecule has 0 saturated carbocycles. The normalized spacial score (nSPS) is 13.8. The van der Waals surface area contributed by atoms with Gasteiger partial charge in [0.15, 0.2) is 11.6 Å². The number of nitrogens with zero attached hydrogens (tertiary/aromatic N) is 3. The molecule has 1 aromatic carbocycles. The Balaban J connectivity index is 1.46. The molecule has 3 N–H and O–H groups in total. The Morgan fingerprint density at radius 2 is 2.00 bits per heavy atom. The minimum Gasteiger partial charge on any atom is -0.453 e. The van der Waals surface area contributed by atoms with Gasteiger partial charge in [-0.05, 0) is 31.0 Å². The van der Waals surface area contributed by atoms with Crippen LogP contribution in [0, 0.1) is 5.82 Å². The molecule has 0 atom stereocenters. The standard InChI is InChI=1S/C21H18FN5O2S/c22-13-9-12(23)3-4-16(13)29-17-5-6-24-14-10-18(30-19(14)17)20-25-11-15(26-20)21(28)27-7-1-2-8-27/h3-6,9-11H,1-2,7-8,23H2,(H,25,26). The highest BCUT2D eigenvalue weighted by Crippen LogP contribution is 2.39. The van der Waals surface area contributed by atoms with Crippen molar-refractivity contribution in [3.63, 3.8) is 0 Å². The second-order valence-electron chi connectivity index (χ2n) is 7.07. The third-order valence-corrected chi connectivity index (χ3v) is 6.13. The van der Waals surface area contributed by atoms with Gasteiger partial charge in [-0.2, -0.15) is 0 Å². The fourth-order valence-corrected chi connectivity index (χ4v) is 4.49. The summed E-state index contributed by atoms with van der Waals surface area (Å²) in [5.74, 6) is 0.592. The lowest BCUT2D eigenvalue weighted by atomic mass is 10.3. The molecule has 1 aliphatic rings. The molecular formula is C21H18FN5O2S. The summed E-state index contributed by atoms with van der Waals surface area (Å²) in [4.78, 5) is 27.1. The Labute approximate surface area is 175 Å². The van der Waals surface area contributed by atoms with Crippen LogP contribution in [0.5, 0.6) is 11.5 Å². The van der Waals surface area contributed by atoms with E-state index in [0.717, 1.165) is 35.5 Å². The Morgan fingerprint density at radius 1 is 1.17 bits per heavy atom. The lowest BCUT2D eigenvalue weighted by Gasteiger charge is -2.13. The number of nitrogens with two attached hydrogens (primary N) is 1. The van der Waals surface area contributed by atoms with Gasteiger partial charge in [-0.3, -0.25) is 9.78 Å². The highest BCUT2D eigenvalue weighted by atomic mass is 32.1. The number of H-pyrrole nitrogens is 1. The van der Waals surface area contributed by atoms with Gasteiger partial charge >= 0.3 is 0 Å². The largest absolute Gasteiger partial charge is 0.453 e. The van der Waals surface area contributed by atoms with E-state index in [4.69, 9.17) is 10.5 Å². The van der Waals surface area contributed by atoms with Gasteiger partial charge in [-0.1, -0.05) is 0 Å². The van der Waals surface area contributed by atoms with E-state index in [2.05, 4.69) is 15.0 Å². The fourth-order valence-electron chi connectivity index (χ4n) is 3.48. The second-order valence-corrected chi connectivity index (χ2v) is 8.12. The number of nitrogen functional groups attached to an aromatic ring is 1. The van der Waals surface area contributed by atoms with E-state index >= 15 is 0 Å². The molecular weight excluding hydrogens is 405 g/mol. The maximum atomic E-state index is 14.1. The van der Waals surface area contributed by atoms with Crippen LogP contribution in [0.4, 0.5) is 10.1 Å². The Hall–Kier alpha value is -3.46. The van der Waals surface area contributed by atoms with Gasteiger partial charge in [-0.15, -0.1) is 11.3 Å². The number of carbonyl (C=O) groups excluding carboxylic acids is 1. The molecule has 152 valence electrons. The number of carbonyl (C=O) groups is 1. The maximum absolute atomic E-state index is 14.1. The summed E-state index contributed by atoms with van der Waals surface area (Å²) in [6, 6.07) is 7.85. The first-order valence-electron chi connectivity index (χ1n) is 9.54. The number of amides is 1. The summed E-state index contributed by atoms with van der Waals surface area (Å²) in [5, 5.41) is 0. The van der Waals surface area contributed by atoms with Crippen LogP contribution in [0.25, 0.3) is 20.9 Å². The molecule has 4 heterocycles. The summed E-state index contributed by atoms with van der Waals surface area (Å²) < 4.78 is 20.7. The molecule has 3 aromatic heterocycles. The summed E-state index contributed by atoms with van der Waals surface area (Å²) >= 11 is 1.41. The first-order valence-corrected chi connectivity index (χ1v) is 10.4. The number of anilines is 1. The van der Waals surface area contributed by atoms with Gasteiger partial charge in [0.25, 0.3) is 5.91 Å². The summed E-state index contributed by atoms with van der Waals surface area (Å²) in [5.41, 5.74) is 7.10. The molecule has 9 heteroatoms. The monoisotopic (exact) mass is 423 g/mol. The molecule has 0 spiro atoms. The average molecular weight is 423 g/mol. The zero-order chi connectivity index (χ0) is 20.7. The Morgan fingerprint density at radius 3 is 2.80 bits per heavy atom. The van der Waals surface area contributed by atoms with Crippen LogP contribution in [0.3, 0.4) is 0 Å². The van der Waals surface area contributed by atoms with E-state index in [9.17, 15) is 9.18 Å². The van der Waals surface area contributed by atoms with Gasteiger partial charge in [0.2, 0.25) is 0 Å². The van der Waals surface area contributed by atoms with Crippen molar-refractivity contribution in [3.05, 3.63) is 54.2 Å². The Kier molecular flexibility index (Phi) is 4.59. The topological polar surface area (TPSA) is 97.1 Å². The molecule has 4 aromatic rings. The number of thiophene rings is 1. The van der Waals surface area contributed by atoms with Crippen LogP contribution in [0.2, 0.25) is 0 Å². The number of likely N-dealkylation sites (tertiary alicyclic amines) is 1. The number of hydrogen-bond acceptors (Lipinski definition) is 6. The van der Waals surface area contributed by atoms with Crippen LogP contribution in [-0.4, -0.2) is 38.8 Å². The number of halogens is 1. The zero-order valence-electron chi connectivity index (χ0n) is 15.9. The van der Waals surface area contributed by atoms with Crippen molar-refractivity contribution in [2.24, 2.45) is 0 Å². The predicted molar refractivity (Wildman–Crippen MR) is 113 cm³/mol. The van der Waals surface area contributed by atoms with E-state index < -0.39 is 5.82 Å². The molecule has 1 amide bonds. The van der Waals surface area contributed by atoms with E-state index in [1.807, 2.05) is 11.0 Å². The van der Waals surface area contributed by atoms with Crippen molar-refractivity contribution in [2.75, 3.05) is 18.8 Å². The number of rotatable bonds is 4. The maximum Gasteiger partial charge on any atom is 0.271 e. The first kappa shape index (κ1) is 18.6. The second kappa shape index (κ2) is 7.42. The minimum absolute atomic E-state index is 0.0339. The molecule has 1 saturated heterocycles. The zero-order valence-corrected chi connectivity index (χ0v) is 16.7. The van der Waals surface area contributed by atoms with Gasteiger partial charge in [0.05, 0.1) is 21.3 Å². The fraction of sp³-hybridized carbons (Fsp3) is 0.190. The average Bonchev–Trinajstić information content (AvgIpc) is 3.49. The van der Waals surface area contributed by atoms with Crippen LogP contribution < -0.4 is 10.5 Å². The molecule has 0 bridgehead atoms. The number of aromatic amines is 1. The SMILES string of the molecule is Nc1ccc(Oc2ccnc3cc(-c4ncc(C(=O)N5CCCC5)[nH]4)sc23)c(F)c1. The summed E-state index contributed by atoms with van der Waals surface area (Å²) in [6.07, 6.45) is 5.24. The lowest BCUT2D eigenvalue weighted by molar-refractivity contribution is 0.0787. The number of benzene rings is 1. The highest BCUT2D eigenvalue weighted by Gasteiger charge is 2.22. The Bertz CT molecular complexity index is 1250. The van der Waals surface area contributed by atoms with Gasteiger partial charge in [0.1, 0.15) is 17.3 Å². The van der Waals surface area contributed by atoms with E-state index in [1.54, 1.807) is 24.5 Å². The number of aromatic nitrogens is 3. The molecule has 30 heavy (non-hydrogen) atoms. The van der Waals surface area contributed by atoms with Gasteiger partial charge in [0, 0.05) is 37.1 Å². The van der Waals surface area contributed by atoms with Crippen molar-refractivity contribution >= 4 is 33.1 Å². The van der Waals surface area contributed by atoms with Crippen LogP contribution in [-0.2, 0) is 0 Å². The summed E-state index contributed by atoms with van der Waals surface area (Å²) in [7, 11) is 0. The van der Waals surface area contributed by atoms with Crippen LogP contribution in [0.15, 0.2) is 42.7 Å². The number of ether oxygens (including phenoxy) is 1. The lowest BCUT2D eigenvalue weighted by Crippen LogP contribution is -2.27. The van der Waals surface area contributed by atoms with Crippen molar-refractivity contribution in [1.82, 2.24) is 19.9 Å². The van der Waals surface area contributed by atoms with Crippen molar-refractivity contribution < 1.29 is 13.9 Å². The van der Waals surface area contributed by atoms with Gasteiger partial charge < -0.3 is 20.4 Å². The summed E-state index contributed by atoms with van der Waals surface area (Å²) in [6.45, 7) is 1.56. The molecule has 1 fully saturated rings. The van der Waals surface area contributed by atoms with Gasteiger partial charge in [-0.25, -0.2) is 9.37 Å². The van der Waals surface area contributed by atoms with Crippen molar-refractivity contribution in [3.8, 4) is 22.2 Å². The van der Waals surface area contributed by atoms with Crippen molar-refractivity contribution in [2.45, 2.75) is 12.8 Å². The molecule has 1 aliphatic heterocycles. The van der Waals surface area contributed by atoms with E-state index in [0.29, 0.717) is 28.5 Å². The third kappa shape index (κ3) is 3.37. The van der Waals surface area contributed by atoms with E-state index in [1.165, 1.54) is 23.5 Å². The number of fused-ring (bicyclic) bond motifs is 1. The smallest absolute Gasteiger partial charge is 0.271 e. The first-order chi connectivity index (χ1) is 14.6. The number of nitrogens with one attached hydrogen (secondary N) is 1. The van der Waals surface area contributed by atoms with Crippen LogP contribution >= 0.6 is 11.3 Å². The molecule has 5 rings (SSSR count). The number of pyridine rings is 1. The molecule has 0 radical (unpaired) electrons. The predicted octanol–water partition coefficient (Wildman–Crippen LogP) is 4.44. The quantitative estimate of drug-likeness (QED) is 0.473. The molecule has 0 aliphatic carbocycles. The molecule has 7 nitrogen and oxygen atoms in total.